The highest BCUT2D eigenvalue weighted by atomic mass is 28.4. The van der Waals surface area contributed by atoms with E-state index in [2.05, 4.69) is 63.1 Å². The molecule has 0 N–H and O–H groups in total. The summed E-state index contributed by atoms with van der Waals surface area (Å²) in [5, 5.41) is 1.38. The summed E-state index contributed by atoms with van der Waals surface area (Å²) >= 11 is 0. The predicted octanol–water partition coefficient (Wildman–Crippen LogP) is 2.85. The van der Waals surface area contributed by atoms with Crippen molar-refractivity contribution in [2.75, 3.05) is 6.61 Å². The van der Waals surface area contributed by atoms with Crippen molar-refractivity contribution < 1.29 is 17.8 Å². The molecule has 0 radical (unpaired) electrons. The van der Waals surface area contributed by atoms with Crippen molar-refractivity contribution in [3.63, 3.8) is 0 Å². The fraction of sp³-hybridized carbons (Fsp3) is 0.526. The minimum Gasteiger partial charge on any atom is -0.462 e. The third-order valence-electron chi connectivity index (χ3n) is 4.47. The Labute approximate surface area is 171 Å². The molecule has 152 valence electrons. The fourth-order valence-corrected chi connectivity index (χ4v) is 14.7. The van der Waals surface area contributed by atoms with E-state index in [1.54, 1.807) is 6.92 Å². The number of carbonyl (C=O) groups is 1. The summed E-state index contributed by atoms with van der Waals surface area (Å²) in [7, 11) is -4.34. The molecule has 1 aromatic carbocycles. The third kappa shape index (κ3) is 10.4. The standard InChI is InChI=1S/C19H36O4Si4/c1-17(2)19(20)21-13-10-14-24-22-26(3,4)16-15-25-23-27(5,6)18-11-8-7-9-12-18/h7-9,11-12H,1,10,13-16,24-25H2,2-6H3. The average molecular weight is 441 g/mol. The smallest absolute Gasteiger partial charge is 0.333 e. The van der Waals surface area contributed by atoms with Gasteiger partial charge in [-0.2, -0.15) is 0 Å². The highest BCUT2D eigenvalue weighted by Crippen LogP contribution is 2.15. The molecule has 0 aliphatic rings. The number of hydrogen-bond donors (Lipinski definition) is 0. The van der Waals surface area contributed by atoms with Gasteiger partial charge in [-0.15, -0.1) is 0 Å². The van der Waals surface area contributed by atoms with Crippen molar-refractivity contribution >= 4 is 47.3 Å². The van der Waals surface area contributed by atoms with E-state index in [0.29, 0.717) is 12.2 Å². The van der Waals surface area contributed by atoms with Gasteiger partial charge in [0.2, 0.25) is 8.32 Å². The Morgan fingerprint density at radius 3 is 2.30 bits per heavy atom. The van der Waals surface area contributed by atoms with E-state index < -0.39 is 36.2 Å². The van der Waals surface area contributed by atoms with Gasteiger partial charge >= 0.3 is 5.97 Å². The van der Waals surface area contributed by atoms with Crippen molar-refractivity contribution in [2.45, 2.75) is 57.7 Å². The van der Waals surface area contributed by atoms with Crippen LogP contribution in [-0.4, -0.2) is 48.7 Å². The SMILES string of the molecule is C=C(C)C(=O)OCCC[SiH2]O[Si](C)(C)CC[SiH2]O[Si](C)(C)c1ccccc1. The van der Waals surface area contributed by atoms with Crippen LogP contribution in [0, 0.1) is 0 Å². The Balaban J connectivity index is 2.16. The minimum atomic E-state index is -1.74. The zero-order chi connectivity index (χ0) is 20.3. The number of rotatable bonds is 13. The molecule has 0 unspecified atom stereocenters. The Kier molecular flexibility index (Phi) is 10.7. The van der Waals surface area contributed by atoms with Gasteiger partial charge in [0.1, 0.15) is 19.5 Å². The van der Waals surface area contributed by atoms with Crippen LogP contribution < -0.4 is 5.19 Å². The zero-order valence-electron chi connectivity index (χ0n) is 17.7. The topological polar surface area (TPSA) is 44.8 Å². The molecule has 8 heteroatoms. The van der Waals surface area contributed by atoms with Gasteiger partial charge in [0.05, 0.1) is 6.61 Å². The summed E-state index contributed by atoms with van der Waals surface area (Å²) in [6.07, 6.45) is 0.893. The number of benzene rings is 1. The molecular weight excluding hydrogens is 405 g/mol. The van der Waals surface area contributed by atoms with E-state index in [1.165, 1.54) is 17.3 Å². The number of hydrogen-bond acceptors (Lipinski definition) is 4. The first-order valence-electron chi connectivity index (χ1n) is 9.80. The highest BCUT2D eigenvalue weighted by molar-refractivity contribution is 6.87. The van der Waals surface area contributed by atoms with Gasteiger partial charge in [-0.05, 0) is 62.9 Å². The number of ether oxygens (including phenoxy) is 1. The molecule has 0 saturated heterocycles. The van der Waals surface area contributed by atoms with Crippen molar-refractivity contribution in [3.8, 4) is 0 Å². The Morgan fingerprint density at radius 2 is 1.67 bits per heavy atom. The second-order valence-corrected chi connectivity index (χ2v) is 20.2. The molecule has 0 aliphatic carbocycles. The average Bonchev–Trinajstić information content (AvgIpc) is 2.62. The summed E-state index contributed by atoms with van der Waals surface area (Å²) < 4.78 is 17.8. The molecule has 0 amide bonds. The molecule has 0 spiro atoms. The van der Waals surface area contributed by atoms with E-state index in [9.17, 15) is 4.79 Å². The van der Waals surface area contributed by atoms with Crippen molar-refractivity contribution in [2.24, 2.45) is 0 Å². The minimum absolute atomic E-state index is 0.292. The summed E-state index contributed by atoms with van der Waals surface area (Å²) in [6, 6.07) is 14.1. The van der Waals surface area contributed by atoms with E-state index in [0.717, 1.165) is 12.5 Å². The predicted molar refractivity (Wildman–Crippen MR) is 125 cm³/mol. The maximum absolute atomic E-state index is 11.3. The second kappa shape index (κ2) is 11.9. The molecule has 1 aromatic rings. The molecule has 0 atom stereocenters. The molecule has 1 rings (SSSR count). The zero-order valence-corrected chi connectivity index (χ0v) is 22.5. The van der Waals surface area contributed by atoms with Crippen LogP contribution in [0.5, 0.6) is 0 Å². The summed E-state index contributed by atoms with van der Waals surface area (Å²) in [4.78, 5) is 11.3. The van der Waals surface area contributed by atoms with Gasteiger partial charge in [-0.25, -0.2) is 4.79 Å². The van der Waals surface area contributed by atoms with Gasteiger partial charge < -0.3 is 13.0 Å². The van der Waals surface area contributed by atoms with Crippen LogP contribution in [0.2, 0.25) is 44.3 Å². The Morgan fingerprint density at radius 1 is 1.04 bits per heavy atom. The molecule has 0 fully saturated rings. The van der Waals surface area contributed by atoms with Crippen LogP contribution in [0.1, 0.15) is 13.3 Å². The lowest BCUT2D eigenvalue weighted by molar-refractivity contribution is -0.138. The van der Waals surface area contributed by atoms with Crippen molar-refractivity contribution in [1.29, 1.82) is 0 Å². The van der Waals surface area contributed by atoms with Gasteiger partial charge in [0, 0.05) is 5.57 Å². The lowest BCUT2D eigenvalue weighted by atomic mass is 10.4. The molecular formula is C19H36O4Si4. The highest BCUT2D eigenvalue weighted by Gasteiger charge is 2.26. The van der Waals surface area contributed by atoms with Crippen LogP contribution in [0.25, 0.3) is 0 Å². The van der Waals surface area contributed by atoms with Gasteiger partial charge in [-0.3, -0.25) is 0 Å². The lowest BCUT2D eigenvalue weighted by Gasteiger charge is -2.26. The van der Waals surface area contributed by atoms with E-state index in [4.69, 9.17) is 13.0 Å². The van der Waals surface area contributed by atoms with Crippen LogP contribution in [0.15, 0.2) is 42.5 Å². The monoisotopic (exact) mass is 440 g/mol. The first-order chi connectivity index (χ1) is 12.6. The van der Waals surface area contributed by atoms with E-state index in [1.807, 2.05) is 0 Å². The summed E-state index contributed by atoms with van der Waals surface area (Å²) in [6.45, 7) is 14.9. The summed E-state index contributed by atoms with van der Waals surface area (Å²) in [5.74, 6) is -0.292. The Hall–Kier alpha value is -0.782. The normalized spacial score (nSPS) is 12.9. The van der Waals surface area contributed by atoms with Gasteiger partial charge in [0.15, 0.2) is 8.32 Å². The summed E-state index contributed by atoms with van der Waals surface area (Å²) in [5.41, 5.74) is 0.460. The molecule has 0 bridgehead atoms. The van der Waals surface area contributed by atoms with Crippen LogP contribution in [0.4, 0.5) is 0 Å². The number of esters is 1. The maximum atomic E-state index is 11.3. The molecule has 0 heterocycles. The van der Waals surface area contributed by atoms with E-state index in [-0.39, 0.29) is 5.97 Å². The van der Waals surface area contributed by atoms with Crippen LogP contribution in [0.3, 0.4) is 0 Å². The first kappa shape index (κ1) is 24.3. The molecule has 27 heavy (non-hydrogen) atoms. The van der Waals surface area contributed by atoms with Crippen molar-refractivity contribution in [3.05, 3.63) is 42.5 Å². The first-order valence-corrected chi connectivity index (χ1v) is 19.0. The molecule has 0 saturated carbocycles. The van der Waals surface area contributed by atoms with Crippen LogP contribution in [-0.2, 0) is 17.8 Å². The molecule has 0 aromatic heterocycles. The third-order valence-corrected chi connectivity index (χ3v) is 17.5. The van der Waals surface area contributed by atoms with Gasteiger partial charge in [-0.1, -0.05) is 36.9 Å². The van der Waals surface area contributed by atoms with Gasteiger partial charge in [0.25, 0.3) is 0 Å². The quantitative estimate of drug-likeness (QED) is 0.205. The Bertz CT molecular complexity index is 591. The number of carbonyl (C=O) groups excluding carboxylic acids is 1. The fourth-order valence-electron chi connectivity index (χ4n) is 2.66. The molecule has 0 aliphatic heterocycles. The van der Waals surface area contributed by atoms with Crippen LogP contribution >= 0.6 is 0 Å². The lowest BCUT2D eigenvalue weighted by Crippen LogP contribution is -2.45. The maximum Gasteiger partial charge on any atom is 0.333 e. The van der Waals surface area contributed by atoms with Crippen molar-refractivity contribution in [1.82, 2.24) is 0 Å². The largest absolute Gasteiger partial charge is 0.462 e. The molecule has 4 nitrogen and oxygen atoms in total. The second-order valence-electron chi connectivity index (χ2n) is 8.06. The van der Waals surface area contributed by atoms with E-state index >= 15 is 0 Å².